The van der Waals surface area contributed by atoms with E-state index >= 15 is 0 Å². The third-order valence-corrected chi connectivity index (χ3v) is 3.12. The van der Waals surface area contributed by atoms with E-state index in [1.807, 2.05) is 27.7 Å². The van der Waals surface area contributed by atoms with E-state index < -0.39 is 0 Å². The molecule has 0 spiro atoms. The summed E-state index contributed by atoms with van der Waals surface area (Å²) in [5.74, 6) is 0.461. The SMILES string of the molecule is C=CC.CC.CNc1c(C)c(C(=N)OC)nn1Cc1ccccc1F. The lowest BCUT2D eigenvalue weighted by atomic mass is 10.2. The largest absolute Gasteiger partial charge is 0.480 e. The molecule has 0 bridgehead atoms. The summed E-state index contributed by atoms with van der Waals surface area (Å²) >= 11 is 0. The second-order valence-corrected chi connectivity index (χ2v) is 4.76. The first-order valence-corrected chi connectivity index (χ1v) is 8.18. The number of nitrogens with one attached hydrogen (secondary N) is 2. The highest BCUT2D eigenvalue weighted by molar-refractivity contribution is 5.92. The molecule has 25 heavy (non-hydrogen) atoms. The summed E-state index contributed by atoms with van der Waals surface area (Å²) in [7, 11) is 3.19. The molecule has 0 aliphatic carbocycles. The van der Waals surface area contributed by atoms with Crippen LogP contribution in [0.1, 0.15) is 37.6 Å². The van der Waals surface area contributed by atoms with Gasteiger partial charge in [-0.3, -0.25) is 5.41 Å². The minimum atomic E-state index is -0.272. The van der Waals surface area contributed by atoms with Gasteiger partial charge in [-0.1, -0.05) is 38.1 Å². The number of anilines is 1. The average molecular weight is 348 g/mol. The molecule has 0 saturated heterocycles. The van der Waals surface area contributed by atoms with Crippen LogP contribution in [-0.4, -0.2) is 29.8 Å². The summed E-state index contributed by atoms with van der Waals surface area (Å²) in [5.41, 5.74) is 1.80. The Hall–Kier alpha value is -2.63. The molecule has 1 aromatic carbocycles. The van der Waals surface area contributed by atoms with E-state index in [1.165, 1.54) is 13.2 Å². The van der Waals surface area contributed by atoms with Gasteiger partial charge in [0.1, 0.15) is 11.6 Å². The van der Waals surface area contributed by atoms with Crippen molar-refractivity contribution in [3.63, 3.8) is 0 Å². The molecule has 0 aliphatic rings. The van der Waals surface area contributed by atoms with Gasteiger partial charge in [0.2, 0.25) is 5.90 Å². The van der Waals surface area contributed by atoms with Crippen molar-refractivity contribution in [1.82, 2.24) is 9.78 Å². The minimum Gasteiger partial charge on any atom is -0.480 e. The maximum Gasteiger partial charge on any atom is 0.234 e. The van der Waals surface area contributed by atoms with E-state index in [9.17, 15) is 4.39 Å². The Morgan fingerprint density at radius 3 is 2.44 bits per heavy atom. The Morgan fingerprint density at radius 1 is 1.40 bits per heavy atom. The maximum atomic E-state index is 13.7. The van der Waals surface area contributed by atoms with Gasteiger partial charge in [-0.25, -0.2) is 9.07 Å². The van der Waals surface area contributed by atoms with Crippen molar-refractivity contribution in [1.29, 1.82) is 5.41 Å². The van der Waals surface area contributed by atoms with E-state index in [-0.39, 0.29) is 11.7 Å². The van der Waals surface area contributed by atoms with Crippen LogP contribution in [0.2, 0.25) is 0 Å². The molecule has 0 aliphatic heterocycles. The van der Waals surface area contributed by atoms with Crippen molar-refractivity contribution in [2.45, 2.75) is 34.2 Å². The molecule has 1 aromatic heterocycles. The van der Waals surface area contributed by atoms with E-state index in [1.54, 1.807) is 36.0 Å². The summed E-state index contributed by atoms with van der Waals surface area (Å²) in [4.78, 5) is 0. The fraction of sp³-hybridized carbons (Fsp3) is 0.368. The fourth-order valence-electron chi connectivity index (χ4n) is 2.08. The number of aromatic nitrogens is 2. The third kappa shape index (κ3) is 6.06. The van der Waals surface area contributed by atoms with Gasteiger partial charge in [-0.15, -0.1) is 6.58 Å². The van der Waals surface area contributed by atoms with Crippen LogP contribution in [0.3, 0.4) is 0 Å². The molecule has 2 rings (SSSR count). The van der Waals surface area contributed by atoms with Crippen LogP contribution in [0.5, 0.6) is 0 Å². The van der Waals surface area contributed by atoms with E-state index in [0.717, 1.165) is 11.4 Å². The number of methoxy groups -OCH3 is 1. The highest BCUT2D eigenvalue weighted by Gasteiger charge is 2.18. The quantitative estimate of drug-likeness (QED) is 0.482. The number of halogens is 1. The second-order valence-electron chi connectivity index (χ2n) is 4.76. The Balaban J connectivity index is 0.00000104. The van der Waals surface area contributed by atoms with Crippen LogP contribution in [0.25, 0.3) is 0 Å². The van der Waals surface area contributed by atoms with Gasteiger partial charge in [-0.2, -0.15) is 5.10 Å². The summed E-state index contributed by atoms with van der Waals surface area (Å²) < 4.78 is 20.3. The zero-order valence-corrected chi connectivity index (χ0v) is 16.0. The normalized spacial score (nSPS) is 9.08. The number of benzene rings is 1. The highest BCUT2D eigenvalue weighted by Crippen LogP contribution is 2.21. The van der Waals surface area contributed by atoms with Crippen molar-refractivity contribution < 1.29 is 9.13 Å². The van der Waals surface area contributed by atoms with Crippen LogP contribution in [-0.2, 0) is 11.3 Å². The molecule has 138 valence electrons. The molecule has 0 unspecified atom stereocenters. The topological polar surface area (TPSA) is 62.9 Å². The Kier molecular flexibility index (Phi) is 10.6. The molecule has 0 radical (unpaired) electrons. The van der Waals surface area contributed by atoms with Crippen LogP contribution in [0.15, 0.2) is 36.9 Å². The second kappa shape index (κ2) is 11.8. The summed E-state index contributed by atoms with van der Waals surface area (Å²) in [5, 5.41) is 15.1. The number of hydrogen-bond donors (Lipinski definition) is 2. The van der Waals surface area contributed by atoms with Gasteiger partial charge in [0.25, 0.3) is 0 Å². The predicted octanol–water partition coefficient (Wildman–Crippen LogP) is 4.61. The highest BCUT2D eigenvalue weighted by atomic mass is 19.1. The Bertz CT molecular complexity index is 680. The van der Waals surface area contributed by atoms with E-state index in [2.05, 4.69) is 17.0 Å². The number of allylic oxidation sites excluding steroid dienone is 1. The molecule has 6 heteroatoms. The van der Waals surface area contributed by atoms with Crippen LogP contribution in [0.4, 0.5) is 10.2 Å². The van der Waals surface area contributed by atoms with Gasteiger partial charge < -0.3 is 10.1 Å². The summed E-state index contributed by atoms with van der Waals surface area (Å²) in [6.45, 7) is 11.4. The van der Waals surface area contributed by atoms with Crippen LogP contribution >= 0.6 is 0 Å². The summed E-state index contributed by atoms with van der Waals surface area (Å²) in [6.07, 6.45) is 1.75. The fourth-order valence-corrected chi connectivity index (χ4v) is 2.08. The number of hydrogen-bond acceptors (Lipinski definition) is 4. The average Bonchev–Trinajstić information content (AvgIpc) is 2.94. The maximum absolute atomic E-state index is 13.7. The molecule has 5 nitrogen and oxygen atoms in total. The molecule has 0 saturated carbocycles. The van der Waals surface area contributed by atoms with Crippen LogP contribution < -0.4 is 5.32 Å². The first-order chi connectivity index (χ1) is 12.0. The number of rotatable bonds is 4. The van der Waals surface area contributed by atoms with Crippen molar-refractivity contribution in [2.24, 2.45) is 0 Å². The van der Waals surface area contributed by atoms with Gasteiger partial charge in [0.05, 0.1) is 13.7 Å². The molecular weight excluding hydrogens is 319 g/mol. The molecule has 0 amide bonds. The molecule has 2 aromatic rings. The van der Waals surface area contributed by atoms with Gasteiger partial charge in [-0.05, 0) is 19.9 Å². The first-order valence-electron chi connectivity index (χ1n) is 8.18. The van der Waals surface area contributed by atoms with Crippen molar-refractivity contribution >= 4 is 11.7 Å². The molecule has 0 fully saturated rings. The standard InChI is InChI=1S/C14H17FN4O.C3H6.C2H6/c1-9-12(13(16)20-3)18-19(14(9)17-2)8-10-6-4-5-7-11(10)15;1-3-2;1-2/h4-7,16-17H,8H2,1-3H3;3H,1H2,2H3;1-2H3. The zero-order chi connectivity index (χ0) is 19.4. The lowest BCUT2D eigenvalue weighted by Gasteiger charge is -2.08. The Morgan fingerprint density at radius 2 is 1.96 bits per heavy atom. The predicted molar refractivity (Wildman–Crippen MR) is 103 cm³/mol. The Labute approximate surface area is 150 Å². The van der Waals surface area contributed by atoms with Gasteiger partial charge in [0.15, 0.2) is 5.69 Å². The summed E-state index contributed by atoms with van der Waals surface area (Å²) in [6, 6.07) is 6.57. The molecule has 0 atom stereocenters. The smallest absolute Gasteiger partial charge is 0.234 e. The van der Waals surface area contributed by atoms with Crippen LogP contribution in [0, 0.1) is 18.2 Å². The van der Waals surface area contributed by atoms with E-state index in [0.29, 0.717) is 17.8 Å². The molecule has 2 N–H and O–H groups in total. The number of ether oxygens (including phenoxy) is 1. The zero-order valence-electron chi connectivity index (χ0n) is 16.0. The first kappa shape index (κ1) is 22.4. The van der Waals surface area contributed by atoms with E-state index in [4.69, 9.17) is 10.1 Å². The van der Waals surface area contributed by atoms with Crippen molar-refractivity contribution in [3.05, 3.63) is 59.6 Å². The van der Waals surface area contributed by atoms with Gasteiger partial charge in [0, 0.05) is 18.2 Å². The van der Waals surface area contributed by atoms with Crippen molar-refractivity contribution in [3.8, 4) is 0 Å². The monoisotopic (exact) mass is 348 g/mol. The minimum absolute atomic E-state index is 0.00807. The van der Waals surface area contributed by atoms with Crippen molar-refractivity contribution in [2.75, 3.05) is 19.5 Å². The lowest BCUT2D eigenvalue weighted by molar-refractivity contribution is 0.398. The third-order valence-electron chi connectivity index (χ3n) is 3.12. The van der Waals surface area contributed by atoms with Gasteiger partial charge >= 0.3 is 0 Å². The molecule has 1 heterocycles. The molecular formula is C19H29FN4O. The number of nitrogens with zero attached hydrogens (tertiary/aromatic N) is 2. The lowest BCUT2D eigenvalue weighted by Crippen LogP contribution is -2.09.